The number of rotatable bonds is 27. The average Bonchev–Trinajstić information content (AvgIpc) is 1.60. The van der Waals surface area contributed by atoms with Crippen molar-refractivity contribution in [2.24, 2.45) is 35.5 Å². The fourth-order valence-electron chi connectivity index (χ4n) is 13.1. The Morgan fingerprint density at radius 3 is 1.25 bits per heavy atom. The Labute approximate surface area is 648 Å². The molecule has 0 aliphatic carbocycles. The summed E-state index contributed by atoms with van der Waals surface area (Å²) in [6.45, 7) is 70.7. The van der Waals surface area contributed by atoms with Crippen LogP contribution in [0.1, 0.15) is 244 Å². The van der Waals surface area contributed by atoms with Crippen LogP contribution in [0.3, 0.4) is 0 Å². The lowest BCUT2D eigenvalue weighted by atomic mass is 9.87. The zero-order valence-corrected chi connectivity index (χ0v) is 76.7. The maximum atomic E-state index is 13.6. The first-order valence-electron chi connectivity index (χ1n) is 40.0. The topological polar surface area (TPSA) is 248 Å². The van der Waals surface area contributed by atoms with Crippen LogP contribution < -0.4 is 0 Å². The summed E-state index contributed by atoms with van der Waals surface area (Å²) in [5, 5.41) is 45.8. The van der Waals surface area contributed by atoms with Gasteiger partial charge in [0.15, 0.2) is 33.3 Å². The molecule has 2 fully saturated rings. The first-order valence-corrected chi connectivity index (χ1v) is 51.6. The van der Waals surface area contributed by atoms with Crippen LogP contribution in [0.2, 0.25) is 72.5 Å². The van der Waals surface area contributed by atoms with Crippen LogP contribution in [-0.4, -0.2) is 174 Å². The van der Waals surface area contributed by atoms with Gasteiger partial charge in [-0.15, -0.1) is 0 Å². The van der Waals surface area contributed by atoms with Crippen molar-refractivity contribution in [2.45, 2.75) is 413 Å². The van der Waals surface area contributed by atoms with Crippen LogP contribution in [0.4, 0.5) is 0 Å². The van der Waals surface area contributed by atoms with Crippen molar-refractivity contribution in [3.8, 4) is 0 Å². The van der Waals surface area contributed by atoms with Crippen LogP contribution >= 0.6 is 0 Å². The van der Waals surface area contributed by atoms with E-state index in [9.17, 15) is 39.6 Å². The normalized spacial score (nSPS) is 31.4. The van der Waals surface area contributed by atoms with Crippen molar-refractivity contribution in [1.29, 1.82) is 0 Å². The summed E-state index contributed by atoms with van der Waals surface area (Å²) in [6, 6.07) is 0. The summed E-state index contributed by atoms with van der Waals surface area (Å²) < 4.78 is 62.9. The van der Waals surface area contributed by atoms with Crippen LogP contribution in [0.5, 0.6) is 0 Å². The third-order valence-corrected chi connectivity index (χ3v) is 42.8. The Balaban J connectivity index is 0.000000551. The predicted octanol–water partition coefficient (Wildman–Crippen LogP) is 18.3. The maximum Gasteiger partial charge on any atom is 0.308 e. The number of aliphatic hydroxyl groups is 4. The van der Waals surface area contributed by atoms with E-state index in [1.807, 2.05) is 45.9 Å². The number of esters is 4. The van der Waals surface area contributed by atoms with Crippen LogP contribution in [-0.2, 0) is 65.3 Å². The Morgan fingerprint density at radius 2 is 0.915 bits per heavy atom. The van der Waals surface area contributed by atoms with Crippen molar-refractivity contribution >= 4 is 57.1 Å². The van der Waals surface area contributed by atoms with E-state index in [4.69, 9.17) is 46.1 Å². The number of ether oxygens (including phenoxy) is 6. The molecule has 4 heterocycles. The molecule has 4 aliphatic heterocycles. The molecule has 614 valence electrons. The number of carbonyl (C=O) groups is 4. The maximum absolute atomic E-state index is 13.6. The first kappa shape index (κ1) is 97.2. The molecular weight excluding hydrogens is 1410 g/mol. The quantitative estimate of drug-likeness (QED) is 0.0149. The highest BCUT2D eigenvalue weighted by Gasteiger charge is 2.52. The summed E-state index contributed by atoms with van der Waals surface area (Å²) in [6.07, 6.45) is 13.9. The smallest absolute Gasteiger partial charge is 0.308 e. The second kappa shape index (κ2) is 39.2. The molecule has 4 aliphatic rings. The lowest BCUT2D eigenvalue weighted by Crippen LogP contribution is -2.46. The van der Waals surface area contributed by atoms with Crippen molar-refractivity contribution < 1.29 is 85.7 Å². The van der Waals surface area contributed by atoms with E-state index >= 15 is 0 Å². The number of epoxide rings is 2. The summed E-state index contributed by atoms with van der Waals surface area (Å²) in [4.78, 5) is 51.3. The molecule has 106 heavy (non-hydrogen) atoms. The van der Waals surface area contributed by atoms with Crippen molar-refractivity contribution in [3.05, 3.63) is 59.8 Å². The molecule has 18 nitrogen and oxygen atoms in total. The number of allylic oxidation sites excluding steroid dienone is 3. The first-order chi connectivity index (χ1) is 48.0. The van der Waals surface area contributed by atoms with E-state index in [0.717, 1.165) is 24.8 Å². The lowest BCUT2D eigenvalue weighted by Gasteiger charge is -2.40. The SMILES string of the molecule is CC[C@H](O[Si](C)(C)C(C)(C)C)[C@@H](C)[C@H]1O[C@@H]1C[C@H](C)/C=C/C=C(\C)[C@H]1OC(=O)C[C@H](O[Si](C)(C)C(C)(C)C)CC[C@@](C)(O)[C@@H](OC(C)=O)/C=C/[C@@H]1C.CC[C@H](O[Si](C)(C)C(C)(C)C)[C@@H](C)[C@H]1O[C@@H]1C[C@H](C)C(O)C(O)/C=C(\C)[C@H]1OC(=O)C[C@H](O[Si](C)(C)C(C)(C)C)CC[C@@](C)(O)[C@@H](OC(C)=O)/C=C/[C@@H]1C. The molecule has 22 heteroatoms. The Morgan fingerprint density at radius 1 is 0.566 bits per heavy atom. The van der Waals surface area contributed by atoms with E-state index in [1.54, 1.807) is 45.1 Å². The van der Waals surface area contributed by atoms with Gasteiger partial charge in [0.25, 0.3) is 0 Å². The van der Waals surface area contributed by atoms with Gasteiger partial charge in [0, 0.05) is 49.7 Å². The summed E-state index contributed by atoms with van der Waals surface area (Å²) in [5.74, 6) is -1.89. The minimum absolute atomic E-state index is 0.0238. The molecule has 0 saturated carbocycles. The van der Waals surface area contributed by atoms with Gasteiger partial charge in [0.2, 0.25) is 0 Å². The molecule has 0 aromatic rings. The molecule has 0 aromatic heterocycles. The van der Waals surface area contributed by atoms with Crippen LogP contribution in [0, 0.1) is 35.5 Å². The Hall–Kier alpha value is -2.95. The molecule has 0 amide bonds. The van der Waals surface area contributed by atoms with Gasteiger partial charge in [-0.2, -0.15) is 0 Å². The van der Waals surface area contributed by atoms with Gasteiger partial charge in [-0.25, -0.2) is 0 Å². The highest BCUT2D eigenvalue weighted by molar-refractivity contribution is 6.75. The summed E-state index contributed by atoms with van der Waals surface area (Å²) >= 11 is 0. The highest BCUT2D eigenvalue weighted by atomic mass is 28.4. The molecule has 0 aromatic carbocycles. The summed E-state index contributed by atoms with van der Waals surface area (Å²) in [7, 11) is -8.39. The zero-order valence-electron chi connectivity index (χ0n) is 72.7. The number of cyclic esters (lactones) is 2. The molecule has 4 rings (SSSR count). The number of carbonyl (C=O) groups excluding carboxylic acids is 4. The average molecular weight is 1560 g/mol. The van der Waals surface area contributed by atoms with E-state index in [2.05, 4.69) is 176 Å². The van der Waals surface area contributed by atoms with Crippen LogP contribution in [0.15, 0.2) is 59.8 Å². The molecule has 2 saturated heterocycles. The second-order valence-corrected chi connectivity index (χ2v) is 57.9. The Kier molecular flexibility index (Phi) is 36.0. The largest absolute Gasteiger partial charge is 0.457 e. The predicted molar refractivity (Wildman–Crippen MR) is 437 cm³/mol. The second-order valence-electron chi connectivity index (χ2n) is 38.8. The highest BCUT2D eigenvalue weighted by Crippen LogP contribution is 2.46. The molecule has 0 bridgehead atoms. The van der Waals surface area contributed by atoms with E-state index in [0.29, 0.717) is 36.7 Å². The monoisotopic (exact) mass is 1560 g/mol. The zero-order chi connectivity index (χ0) is 81.8. The van der Waals surface area contributed by atoms with Crippen LogP contribution in [0.25, 0.3) is 0 Å². The molecule has 2 unspecified atom stereocenters. The van der Waals surface area contributed by atoms with Gasteiger partial charge in [0.1, 0.15) is 35.6 Å². The fourth-order valence-corrected chi connectivity index (χ4v) is 18.9. The van der Waals surface area contributed by atoms with Gasteiger partial charge in [-0.3, -0.25) is 19.2 Å². The van der Waals surface area contributed by atoms with Crippen molar-refractivity contribution in [3.63, 3.8) is 0 Å². The number of aliphatic hydroxyl groups excluding tert-OH is 2. The Bertz CT molecular complexity index is 2960. The van der Waals surface area contributed by atoms with E-state index in [-0.39, 0.29) is 106 Å². The molecule has 0 radical (unpaired) electrons. The van der Waals surface area contributed by atoms with Gasteiger partial charge < -0.3 is 66.6 Å². The van der Waals surface area contributed by atoms with Gasteiger partial charge in [-0.1, -0.05) is 175 Å². The fraction of sp³-hybridized carbons (Fsp3) is 0.833. The van der Waals surface area contributed by atoms with Gasteiger partial charge >= 0.3 is 23.9 Å². The standard InChI is InChI=1S/C42H78O10Si2.C42H76O8Si2/c1-18-33(52-54(16,17)41(10,11)12)29(5)39-34(49-39)24-27(3)37(46)32(44)23-28(4)38-26(2)19-20-35(48-30(6)43)42(13,47)22-21-31(25-36(45)50-38)51-53(14,15)40(7,8)9;1-18-34(50-52(16,17)41(10,11)12)31(5)39-35(47-39)26-28(2)20-19-21-29(3)38-30(4)22-23-36(46-32(6)43)42(13,45)25-24-33(27-37(44)48-38)49-51(14,15)40(7,8)9/h19-20,23,26-27,29,31-35,37-39,44,46-47H,18,21-22,24-25H2,1-17H3;19-23,28,30-31,33-36,38-39,45H,18,24-27H2,1-17H3/b20-19+,28-23+;20-19+,23-22+,29-21+/t26-,27-,29+,31+,32?,33-,34+,35-,37?,38-,39+,42+;28-,30+,31-,33-,34+,35-,36+,38-,39-,42-/m01/s1. The van der Waals surface area contributed by atoms with Gasteiger partial charge in [-0.05, 0) is 187 Å². The van der Waals surface area contributed by atoms with E-state index in [1.165, 1.54) is 13.8 Å². The van der Waals surface area contributed by atoms with E-state index < -0.39 is 117 Å². The lowest BCUT2D eigenvalue weighted by molar-refractivity contribution is -0.158. The minimum atomic E-state index is -2.32. The molecule has 22 atom stereocenters. The number of hydrogen-bond donors (Lipinski definition) is 4. The minimum Gasteiger partial charge on any atom is -0.457 e. The van der Waals surface area contributed by atoms with Gasteiger partial charge in [0.05, 0.1) is 61.7 Å². The third-order valence-electron chi connectivity index (χ3n) is 24.8. The third kappa shape index (κ3) is 29.5. The number of hydrogen-bond acceptors (Lipinski definition) is 18. The molecule has 4 N–H and O–H groups in total. The van der Waals surface area contributed by atoms with Crippen molar-refractivity contribution in [2.75, 3.05) is 0 Å². The molecule has 0 spiro atoms. The summed E-state index contributed by atoms with van der Waals surface area (Å²) in [5.41, 5.74) is -1.31. The molecular formula is C84H154O18Si4. The van der Waals surface area contributed by atoms with Crippen molar-refractivity contribution in [1.82, 2.24) is 0 Å².